The molecular formula is C15H25N3O2. The monoisotopic (exact) mass is 279 g/mol. The second-order valence-corrected chi connectivity index (χ2v) is 7.01. The Bertz CT molecular complexity index is 396. The van der Waals surface area contributed by atoms with Crippen molar-refractivity contribution in [3.63, 3.8) is 0 Å². The predicted octanol–water partition coefficient (Wildman–Crippen LogP) is 2.42. The maximum atomic E-state index is 11.9. The van der Waals surface area contributed by atoms with Crippen molar-refractivity contribution in [2.75, 3.05) is 13.1 Å². The van der Waals surface area contributed by atoms with Gasteiger partial charge in [-0.3, -0.25) is 5.32 Å². The second-order valence-electron chi connectivity index (χ2n) is 7.01. The number of nitrogens with one attached hydrogen (secondary N) is 1. The molecule has 0 spiro atoms. The molecule has 0 aromatic heterocycles. The highest BCUT2D eigenvalue weighted by Gasteiger charge is 2.48. The molecule has 1 saturated carbocycles. The first-order chi connectivity index (χ1) is 9.34. The molecule has 2 aliphatic rings. The van der Waals surface area contributed by atoms with E-state index < -0.39 is 11.1 Å². The van der Waals surface area contributed by atoms with E-state index in [-0.39, 0.29) is 6.09 Å². The molecule has 2 rings (SSSR count). The lowest BCUT2D eigenvalue weighted by Crippen LogP contribution is -2.71. The molecule has 0 atom stereocenters. The molecule has 1 N–H and O–H groups in total. The summed E-state index contributed by atoms with van der Waals surface area (Å²) in [6.45, 7) is 6.40. The zero-order chi connectivity index (χ0) is 14.8. The molecule has 0 unspecified atom stereocenters. The van der Waals surface area contributed by atoms with Crippen LogP contribution in [0.2, 0.25) is 0 Å². The Hall–Kier alpha value is -1.28. The highest BCUT2D eigenvalue weighted by molar-refractivity contribution is 5.70. The van der Waals surface area contributed by atoms with Crippen LogP contribution in [0.15, 0.2) is 0 Å². The van der Waals surface area contributed by atoms with Gasteiger partial charge < -0.3 is 9.64 Å². The van der Waals surface area contributed by atoms with E-state index in [0.717, 1.165) is 12.8 Å². The molecule has 1 amide bonds. The molecule has 5 nitrogen and oxygen atoms in total. The molecule has 1 aliphatic heterocycles. The van der Waals surface area contributed by atoms with Gasteiger partial charge in [-0.25, -0.2) is 4.79 Å². The summed E-state index contributed by atoms with van der Waals surface area (Å²) in [6, 6.07) is 2.77. The molecule has 2 fully saturated rings. The van der Waals surface area contributed by atoms with E-state index in [0.29, 0.717) is 19.1 Å². The third-order valence-corrected chi connectivity index (χ3v) is 3.87. The summed E-state index contributed by atoms with van der Waals surface area (Å²) in [5.74, 6) is 0. The summed E-state index contributed by atoms with van der Waals surface area (Å²) in [6.07, 6.45) is 5.70. The van der Waals surface area contributed by atoms with Gasteiger partial charge in [0.05, 0.1) is 19.2 Å². The summed E-state index contributed by atoms with van der Waals surface area (Å²) in [4.78, 5) is 13.5. The smallest absolute Gasteiger partial charge is 0.410 e. The average molecular weight is 279 g/mol. The van der Waals surface area contributed by atoms with E-state index in [9.17, 15) is 10.1 Å². The molecule has 0 bridgehead atoms. The minimum Gasteiger partial charge on any atom is -0.444 e. The van der Waals surface area contributed by atoms with Crippen molar-refractivity contribution < 1.29 is 9.53 Å². The van der Waals surface area contributed by atoms with Crippen LogP contribution in [0.1, 0.15) is 52.9 Å². The van der Waals surface area contributed by atoms with Crippen molar-refractivity contribution in [2.24, 2.45) is 0 Å². The van der Waals surface area contributed by atoms with Gasteiger partial charge in [-0.2, -0.15) is 5.26 Å². The Kier molecular flexibility index (Phi) is 4.24. The Morgan fingerprint density at radius 2 is 1.90 bits per heavy atom. The molecule has 5 heteroatoms. The van der Waals surface area contributed by atoms with Crippen molar-refractivity contribution in [3.8, 4) is 6.07 Å². The third-order valence-electron chi connectivity index (χ3n) is 3.87. The van der Waals surface area contributed by atoms with E-state index in [4.69, 9.17) is 4.74 Å². The molecule has 1 saturated heterocycles. The molecule has 0 aromatic carbocycles. The highest BCUT2D eigenvalue weighted by Crippen LogP contribution is 2.26. The maximum absolute atomic E-state index is 11.9. The number of carbonyl (C=O) groups is 1. The lowest BCUT2D eigenvalue weighted by Gasteiger charge is -2.47. The van der Waals surface area contributed by atoms with Crippen molar-refractivity contribution >= 4 is 6.09 Å². The summed E-state index contributed by atoms with van der Waals surface area (Å²) in [5.41, 5.74) is -1.06. The summed E-state index contributed by atoms with van der Waals surface area (Å²) in [5, 5.41) is 12.9. The summed E-state index contributed by atoms with van der Waals surface area (Å²) < 4.78 is 5.32. The van der Waals surface area contributed by atoms with Gasteiger partial charge in [0, 0.05) is 6.04 Å². The number of rotatable bonds is 2. The molecular weight excluding hydrogens is 254 g/mol. The SMILES string of the molecule is CC(C)(C)OC(=O)N1CC(C#N)(NC2CCCCC2)C1. The fourth-order valence-electron chi connectivity index (χ4n) is 2.89. The molecule has 0 aromatic rings. The zero-order valence-corrected chi connectivity index (χ0v) is 12.7. The van der Waals surface area contributed by atoms with Crippen molar-refractivity contribution in [1.82, 2.24) is 10.2 Å². The van der Waals surface area contributed by atoms with Crippen molar-refractivity contribution in [2.45, 2.75) is 70.1 Å². The number of likely N-dealkylation sites (tertiary alicyclic amines) is 1. The second kappa shape index (κ2) is 5.61. The topological polar surface area (TPSA) is 65.4 Å². The number of hydrogen-bond donors (Lipinski definition) is 1. The van der Waals surface area contributed by atoms with Crippen LogP contribution >= 0.6 is 0 Å². The largest absolute Gasteiger partial charge is 0.444 e. The first kappa shape index (κ1) is 15.1. The van der Waals surface area contributed by atoms with E-state index in [1.807, 2.05) is 20.8 Å². The summed E-state index contributed by atoms with van der Waals surface area (Å²) >= 11 is 0. The van der Waals surface area contributed by atoms with Gasteiger partial charge in [0.2, 0.25) is 0 Å². The highest BCUT2D eigenvalue weighted by atomic mass is 16.6. The Morgan fingerprint density at radius 1 is 1.30 bits per heavy atom. The summed E-state index contributed by atoms with van der Waals surface area (Å²) in [7, 11) is 0. The fraction of sp³-hybridized carbons (Fsp3) is 0.867. The van der Waals surface area contributed by atoms with Gasteiger partial charge in [-0.15, -0.1) is 0 Å². The van der Waals surface area contributed by atoms with Gasteiger partial charge in [0.15, 0.2) is 0 Å². The molecule has 0 radical (unpaired) electrons. The number of nitriles is 1. The van der Waals surface area contributed by atoms with Crippen LogP contribution < -0.4 is 5.32 Å². The van der Waals surface area contributed by atoms with Gasteiger partial charge >= 0.3 is 6.09 Å². The third kappa shape index (κ3) is 3.63. The molecule has 1 aliphatic carbocycles. The number of ether oxygens (including phenoxy) is 1. The van der Waals surface area contributed by atoms with Crippen LogP contribution in [0.25, 0.3) is 0 Å². The van der Waals surface area contributed by atoms with Gasteiger partial charge in [0.25, 0.3) is 0 Å². The van der Waals surface area contributed by atoms with Crippen molar-refractivity contribution in [3.05, 3.63) is 0 Å². The normalized spacial score (nSPS) is 22.8. The number of nitrogens with zero attached hydrogens (tertiary/aromatic N) is 2. The fourth-order valence-corrected chi connectivity index (χ4v) is 2.89. The molecule has 1 heterocycles. The minimum absolute atomic E-state index is 0.325. The van der Waals surface area contributed by atoms with Gasteiger partial charge in [-0.1, -0.05) is 19.3 Å². The Labute approximate surface area is 121 Å². The molecule has 20 heavy (non-hydrogen) atoms. The number of amides is 1. The van der Waals surface area contributed by atoms with Crippen molar-refractivity contribution in [1.29, 1.82) is 5.26 Å². The zero-order valence-electron chi connectivity index (χ0n) is 12.7. The first-order valence-corrected chi connectivity index (χ1v) is 7.50. The lowest BCUT2D eigenvalue weighted by atomic mass is 9.87. The quantitative estimate of drug-likeness (QED) is 0.843. The Morgan fingerprint density at radius 3 is 2.40 bits per heavy atom. The molecule has 112 valence electrons. The van der Waals surface area contributed by atoms with E-state index in [2.05, 4.69) is 11.4 Å². The lowest BCUT2D eigenvalue weighted by molar-refractivity contribution is -0.00765. The van der Waals surface area contributed by atoms with E-state index >= 15 is 0 Å². The predicted molar refractivity (Wildman–Crippen MR) is 76.2 cm³/mol. The van der Waals surface area contributed by atoms with Gasteiger partial charge in [-0.05, 0) is 33.6 Å². The number of carbonyl (C=O) groups excluding carboxylic acids is 1. The van der Waals surface area contributed by atoms with Crippen LogP contribution in [-0.2, 0) is 4.74 Å². The standard InChI is InChI=1S/C15H25N3O2/c1-14(2,3)20-13(19)18-10-15(9-16,11-18)17-12-7-5-4-6-8-12/h12,17H,4-8,10-11H2,1-3H3. The minimum atomic E-state index is -0.571. The van der Waals surface area contributed by atoms with Gasteiger partial charge in [0.1, 0.15) is 11.1 Å². The van der Waals surface area contributed by atoms with Crippen LogP contribution in [0.5, 0.6) is 0 Å². The van der Waals surface area contributed by atoms with Crippen LogP contribution in [-0.4, -0.2) is 41.3 Å². The van der Waals surface area contributed by atoms with E-state index in [1.165, 1.54) is 19.3 Å². The van der Waals surface area contributed by atoms with Crippen LogP contribution in [0.4, 0.5) is 4.79 Å². The van der Waals surface area contributed by atoms with Crippen LogP contribution in [0, 0.1) is 11.3 Å². The maximum Gasteiger partial charge on any atom is 0.410 e. The Balaban J connectivity index is 1.84. The van der Waals surface area contributed by atoms with E-state index in [1.54, 1.807) is 4.90 Å². The number of hydrogen-bond acceptors (Lipinski definition) is 4. The first-order valence-electron chi connectivity index (χ1n) is 7.50. The van der Waals surface area contributed by atoms with Crippen LogP contribution in [0.3, 0.4) is 0 Å². The average Bonchev–Trinajstić information content (AvgIpc) is 2.32.